The standard InChI is InChI=1S/C18H21N3O2/c1-13-12-16(22)20-18(19-13)15-8-5-11-21(15)17(23)10-9-14-6-3-2-4-7-14/h2-4,6-7,12,15H,5,8-11H2,1H3,(H,19,20,22)/t15-/m0/s1. The fraction of sp³-hybridized carbons (Fsp3) is 0.389. The number of hydrogen-bond acceptors (Lipinski definition) is 3. The Bertz CT molecular complexity index is 739. The molecule has 0 radical (unpaired) electrons. The van der Waals surface area contributed by atoms with E-state index in [1.54, 1.807) is 6.92 Å². The van der Waals surface area contributed by atoms with Gasteiger partial charge in [-0.25, -0.2) is 4.98 Å². The average Bonchev–Trinajstić information content (AvgIpc) is 3.02. The second-order valence-corrected chi connectivity index (χ2v) is 6.00. The molecule has 1 aromatic carbocycles. The van der Waals surface area contributed by atoms with Crippen LogP contribution in [0.5, 0.6) is 0 Å². The van der Waals surface area contributed by atoms with E-state index in [4.69, 9.17) is 0 Å². The number of amides is 1. The first-order valence-electron chi connectivity index (χ1n) is 8.05. The molecule has 3 rings (SSSR count). The van der Waals surface area contributed by atoms with Gasteiger partial charge in [0.2, 0.25) is 5.91 Å². The number of aromatic amines is 1. The van der Waals surface area contributed by atoms with Gasteiger partial charge in [0, 0.05) is 24.7 Å². The highest BCUT2D eigenvalue weighted by Gasteiger charge is 2.31. The predicted molar refractivity (Wildman–Crippen MR) is 88.0 cm³/mol. The van der Waals surface area contributed by atoms with Crippen LogP contribution in [0.2, 0.25) is 0 Å². The summed E-state index contributed by atoms with van der Waals surface area (Å²) in [4.78, 5) is 33.3. The van der Waals surface area contributed by atoms with Crippen LogP contribution in [-0.2, 0) is 11.2 Å². The normalized spacial score (nSPS) is 17.4. The number of likely N-dealkylation sites (tertiary alicyclic amines) is 1. The third-order valence-corrected chi connectivity index (χ3v) is 4.25. The van der Waals surface area contributed by atoms with Crippen molar-refractivity contribution in [2.24, 2.45) is 0 Å². The molecule has 23 heavy (non-hydrogen) atoms. The SMILES string of the molecule is Cc1cc(=O)[nH]c([C@@H]2CCCN2C(=O)CCc2ccccc2)n1. The molecule has 1 amide bonds. The maximum Gasteiger partial charge on any atom is 0.251 e. The number of rotatable bonds is 4. The van der Waals surface area contributed by atoms with Crippen molar-refractivity contribution in [3.63, 3.8) is 0 Å². The molecular weight excluding hydrogens is 290 g/mol. The average molecular weight is 311 g/mol. The highest BCUT2D eigenvalue weighted by Crippen LogP contribution is 2.30. The molecule has 120 valence electrons. The molecule has 0 unspecified atom stereocenters. The Morgan fingerprint density at radius 3 is 2.87 bits per heavy atom. The number of benzene rings is 1. The topological polar surface area (TPSA) is 66.1 Å². The molecule has 0 bridgehead atoms. The largest absolute Gasteiger partial charge is 0.333 e. The van der Waals surface area contributed by atoms with Gasteiger partial charge >= 0.3 is 0 Å². The van der Waals surface area contributed by atoms with Gasteiger partial charge in [0.1, 0.15) is 5.82 Å². The van der Waals surface area contributed by atoms with E-state index in [-0.39, 0.29) is 17.5 Å². The second-order valence-electron chi connectivity index (χ2n) is 6.00. The van der Waals surface area contributed by atoms with Gasteiger partial charge in [-0.15, -0.1) is 0 Å². The van der Waals surface area contributed by atoms with Gasteiger partial charge < -0.3 is 9.88 Å². The van der Waals surface area contributed by atoms with Crippen molar-refractivity contribution < 1.29 is 4.79 Å². The maximum atomic E-state index is 12.6. The number of carbonyl (C=O) groups is 1. The van der Waals surface area contributed by atoms with Crippen molar-refractivity contribution in [2.45, 2.75) is 38.6 Å². The monoisotopic (exact) mass is 311 g/mol. The number of carbonyl (C=O) groups excluding carboxylic acids is 1. The summed E-state index contributed by atoms with van der Waals surface area (Å²) in [6.45, 7) is 2.53. The molecule has 0 saturated carbocycles. The lowest BCUT2D eigenvalue weighted by Gasteiger charge is -2.24. The van der Waals surface area contributed by atoms with E-state index in [1.165, 1.54) is 11.6 Å². The molecule has 1 aliphatic heterocycles. The molecule has 1 aliphatic rings. The van der Waals surface area contributed by atoms with Crippen LogP contribution in [-0.4, -0.2) is 27.3 Å². The molecular formula is C18H21N3O2. The molecule has 1 atom stereocenters. The Morgan fingerprint density at radius 1 is 1.35 bits per heavy atom. The van der Waals surface area contributed by atoms with Crippen LogP contribution in [0.15, 0.2) is 41.2 Å². The maximum absolute atomic E-state index is 12.6. The van der Waals surface area contributed by atoms with Crippen LogP contribution < -0.4 is 5.56 Å². The Balaban J connectivity index is 1.70. The summed E-state index contributed by atoms with van der Waals surface area (Å²) in [6.07, 6.45) is 3.01. The van der Waals surface area contributed by atoms with Crippen LogP contribution in [0.25, 0.3) is 0 Å². The molecule has 1 aromatic heterocycles. The number of nitrogens with zero attached hydrogens (tertiary/aromatic N) is 2. The third-order valence-electron chi connectivity index (χ3n) is 4.25. The quantitative estimate of drug-likeness (QED) is 0.942. The Hall–Kier alpha value is -2.43. The first-order chi connectivity index (χ1) is 11.1. The summed E-state index contributed by atoms with van der Waals surface area (Å²) >= 11 is 0. The molecule has 2 heterocycles. The summed E-state index contributed by atoms with van der Waals surface area (Å²) in [5.41, 5.74) is 1.70. The number of aromatic nitrogens is 2. The molecule has 1 fully saturated rings. The van der Waals surface area contributed by atoms with Crippen molar-refractivity contribution in [1.82, 2.24) is 14.9 Å². The molecule has 0 spiro atoms. The smallest absolute Gasteiger partial charge is 0.251 e. The lowest BCUT2D eigenvalue weighted by molar-refractivity contribution is -0.132. The van der Waals surface area contributed by atoms with E-state index < -0.39 is 0 Å². The number of aryl methyl sites for hydroxylation is 2. The summed E-state index contributed by atoms with van der Waals surface area (Å²) in [7, 11) is 0. The van der Waals surface area contributed by atoms with Crippen molar-refractivity contribution in [2.75, 3.05) is 6.54 Å². The number of hydrogen-bond donors (Lipinski definition) is 1. The van der Waals surface area contributed by atoms with Gasteiger partial charge in [-0.1, -0.05) is 30.3 Å². The van der Waals surface area contributed by atoms with Crippen LogP contribution in [0.4, 0.5) is 0 Å². The van der Waals surface area contributed by atoms with E-state index in [0.29, 0.717) is 17.9 Å². The van der Waals surface area contributed by atoms with Gasteiger partial charge in [0.05, 0.1) is 6.04 Å². The second kappa shape index (κ2) is 6.77. The van der Waals surface area contributed by atoms with E-state index in [9.17, 15) is 9.59 Å². The summed E-state index contributed by atoms with van der Waals surface area (Å²) in [5, 5.41) is 0. The minimum atomic E-state index is -0.156. The van der Waals surface area contributed by atoms with Crippen molar-refractivity contribution in [3.8, 4) is 0 Å². The van der Waals surface area contributed by atoms with Crippen molar-refractivity contribution in [1.29, 1.82) is 0 Å². The van der Waals surface area contributed by atoms with Gasteiger partial charge in [-0.3, -0.25) is 9.59 Å². The third kappa shape index (κ3) is 3.67. The minimum Gasteiger partial charge on any atom is -0.333 e. The summed E-state index contributed by atoms with van der Waals surface area (Å²) < 4.78 is 0. The molecule has 1 N–H and O–H groups in total. The van der Waals surface area contributed by atoms with E-state index in [1.807, 2.05) is 35.2 Å². The van der Waals surface area contributed by atoms with E-state index >= 15 is 0 Å². The first kappa shape index (κ1) is 15.5. The zero-order chi connectivity index (χ0) is 16.2. The van der Waals surface area contributed by atoms with Crippen LogP contribution >= 0.6 is 0 Å². The summed E-state index contributed by atoms with van der Waals surface area (Å²) in [5.74, 6) is 0.737. The minimum absolute atomic E-state index is 0.106. The highest BCUT2D eigenvalue weighted by atomic mass is 16.2. The zero-order valence-corrected chi connectivity index (χ0v) is 13.3. The summed E-state index contributed by atoms with van der Waals surface area (Å²) in [6, 6.07) is 11.4. The number of nitrogens with one attached hydrogen (secondary N) is 1. The van der Waals surface area contributed by atoms with E-state index in [0.717, 1.165) is 25.8 Å². The molecule has 5 heteroatoms. The fourth-order valence-corrected chi connectivity index (χ4v) is 3.15. The zero-order valence-electron chi connectivity index (χ0n) is 13.3. The van der Waals surface area contributed by atoms with Crippen LogP contribution in [0.1, 0.15) is 42.4 Å². The molecule has 1 saturated heterocycles. The predicted octanol–water partition coefficient (Wildman–Crippen LogP) is 2.37. The molecule has 2 aromatic rings. The van der Waals surface area contributed by atoms with Gasteiger partial charge in [0.15, 0.2) is 0 Å². The Labute approximate surface area is 135 Å². The van der Waals surface area contributed by atoms with Crippen LogP contribution in [0, 0.1) is 6.92 Å². The van der Waals surface area contributed by atoms with Crippen LogP contribution in [0.3, 0.4) is 0 Å². The Morgan fingerprint density at radius 2 is 2.13 bits per heavy atom. The fourth-order valence-electron chi connectivity index (χ4n) is 3.15. The molecule has 0 aliphatic carbocycles. The van der Waals surface area contributed by atoms with Crippen molar-refractivity contribution >= 4 is 5.91 Å². The Kier molecular flexibility index (Phi) is 4.55. The highest BCUT2D eigenvalue weighted by molar-refractivity contribution is 5.77. The van der Waals surface area contributed by atoms with E-state index in [2.05, 4.69) is 9.97 Å². The first-order valence-corrected chi connectivity index (χ1v) is 8.05. The molecule has 5 nitrogen and oxygen atoms in total. The van der Waals surface area contributed by atoms with Gasteiger partial charge in [-0.2, -0.15) is 0 Å². The van der Waals surface area contributed by atoms with Gasteiger partial charge in [-0.05, 0) is 31.7 Å². The van der Waals surface area contributed by atoms with Crippen molar-refractivity contribution in [3.05, 3.63) is 63.8 Å². The lowest BCUT2D eigenvalue weighted by atomic mass is 10.1. The number of H-pyrrole nitrogens is 1. The lowest BCUT2D eigenvalue weighted by Crippen LogP contribution is -2.32. The van der Waals surface area contributed by atoms with Gasteiger partial charge in [0.25, 0.3) is 5.56 Å².